The lowest BCUT2D eigenvalue weighted by Crippen LogP contribution is -2.58. The first kappa shape index (κ1) is 48.0. The van der Waals surface area contributed by atoms with Gasteiger partial charge < -0.3 is 37.0 Å². The number of nitrogens with one attached hydrogen (secondary N) is 6. The monoisotopic (exact) mass is 780 g/mol. The van der Waals surface area contributed by atoms with Crippen LogP contribution in [-0.4, -0.2) is 92.0 Å². The highest BCUT2D eigenvalue weighted by atomic mass is 32.2. The van der Waals surface area contributed by atoms with E-state index >= 15 is 0 Å². The van der Waals surface area contributed by atoms with E-state index in [9.17, 15) is 37.2 Å². The summed E-state index contributed by atoms with van der Waals surface area (Å²) in [6.07, 6.45) is 3.16. The van der Waals surface area contributed by atoms with Crippen molar-refractivity contribution in [2.75, 3.05) is 12.8 Å². The maximum Gasteiger partial charge on any atom is 0.303 e. The van der Waals surface area contributed by atoms with Gasteiger partial charge in [0.15, 0.2) is 9.84 Å². The Morgan fingerprint density at radius 1 is 0.759 bits per heavy atom. The average Bonchev–Trinajstić information content (AvgIpc) is 3.09. The molecule has 0 heterocycles. The maximum absolute atomic E-state index is 13.6. The molecule has 0 saturated carbocycles. The standard InChI is InChI=1S/C38H64N6O9S/c1-10-13-30(42-38(51)34(25(7)11-2)43-31(45)14-12-15-32(46)47)36(49)41-28(20-23(3)4)22-39-26(8)35(48)44-33(24(5)6)37(50)40-21-27-16-18-29(19-17-27)54(9,52)53/h16-19,23-26,28,30,33-34,39H,10-15,20-22H2,1-9H3,(H,40,50)(H,41,49)(H,42,51)(H,43,45)(H,44,48)(H,46,47)/t25-,26-,28-,30-,33-,34-/m0/s1. The average molecular weight is 781 g/mol. The fourth-order valence-electron chi connectivity index (χ4n) is 5.61. The van der Waals surface area contributed by atoms with Crippen molar-refractivity contribution in [2.24, 2.45) is 17.8 Å². The molecule has 0 fully saturated rings. The quantitative estimate of drug-likeness (QED) is 0.0767. The number of carboxylic acids is 1. The smallest absolute Gasteiger partial charge is 0.303 e. The molecule has 0 saturated heterocycles. The van der Waals surface area contributed by atoms with Crippen LogP contribution in [0.25, 0.3) is 0 Å². The number of amides is 5. The number of rotatable bonds is 25. The van der Waals surface area contributed by atoms with Crippen LogP contribution < -0.4 is 31.9 Å². The van der Waals surface area contributed by atoms with Gasteiger partial charge in [0.25, 0.3) is 0 Å². The van der Waals surface area contributed by atoms with Crippen LogP contribution in [0, 0.1) is 17.8 Å². The topological polar surface area (TPSA) is 229 Å². The van der Waals surface area contributed by atoms with Crippen molar-refractivity contribution in [2.45, 2.75) is 142 Å². The summed E-state index contributed by atoms with van der Waals surface area (Å²) in [6, 6.07) is 2.44. The van der Waals surface area contributed by atoms with Crippen LogP contribution in [0.5, 0.6) is 0 Å². The van der Waals surface area contributed by atoms with E-state index in [1.165, 1.54) is 12.1 Å². The molecule has 0 spiro atoms. The summed E-state index contributed by atoms with van der Waals surface area (Å²) < 4.78 is 23.5. The highest BCUT2D eigenvalue weighted by Gasteiger charge is 2.31. The van der Waals surface area contributed by atoms with E-state index in [0.29, 0.717) is 31.2 Å². The molecule has 1 aromatic rings. The zero-order chi connectivity index (χ0) is 41.2. The van der Waals surface area contributed by atoms with Gasteiger partial charge in [0, 0.05) is 38.2 Å². The van der Waals surface area contributed by atoms with Crippen LogP contribution in [0.15, 0.2) is 29.2 Å². The second-order valence-electron chi connectivity index (χ2n) is 14.9. The lowest BCUT2D eigenvalue weighted by atomic mass is 9.97. The van der Waals surface area contributed by atoms with E-state index in [0.717, 1.165) is 6.26 Å². The van der Waals surface area contributed by atoms with Gasteiger partial charge in [-0.25, -0.2) is 8.42 Å². The van der Waals surface area contributed by atoms with E-state index in [1.54, 1.807) is 19.1 Å². The Bertz CT molecular complexity index is 1500. The van der Waals surface area contributed by atoms with E-state index < -0.39 is 69.6 Å². The first-order chi connectivity index (χ1) is 25.2. The molecule has 0 radical (unpaired) electrons. The first-order valence-electron chi connectivity index (χ1n) is 18.9. The number of benzene rings is 1. The minimum atomic E-state index is -3.34. The molecule has 54 heavy (non-hydrogen) atoms. The predicted molar refractivity (Wildman–Crippen MR) is 207 cm³/mol. The first-order valence-corrected chi connectivity index (χ1v) is 20.8. The molecule has 0 aliphatic carbocycles. The molecule has 0 bridgehead atoms. The molecule has 0 aliphatic heterocycles. The third-order valence-electron chi connectivity index (χ3n) is 9.05. The molecule has 0 unspecified atom stereocenters. The summed E-state index contributed by atoms with van der Waals surface area (Å²) in [5.74, 6) is -3.43. The van der Waals surface area contributed by atoms with Gasteiger partial charge in [0.05, 0.1) is 10.9 Å². The Morgan fingerprint density at radius 3 is 1.91 bits per heavy atom. The number of carbonyl (C=O) groups is 6. The lowest BCUT2D eigenvalue weighted by Gasteiger charge is -2.29. The van der Waals surface area contributed by atoms with E-state index in [1.807, 2.05) is 48.5 Å². The molecule has 0 aromatic heterocycles. The Morgan fingerprint density at radius 2 is 1.39 bits per heavy atom. The molecule has 306 valence electrons. The minimum absolute atomic E-state index is 0.0393. The second-order valence-corrected chi connectivity index (χ2v) is 16.9. The van der Waals surface area contributed by atoms with Crippen LogP contribution in [0.1, 0.15) is 106 Å². The van der Waals surface area contributed by atoms with E-state index in [4.69, 9.17) is 5.11 Å². The number of sulfone groups is 1. The van der Waals surface area contributed by atoms with Crippen molar-refractivity contribution < 1.29 is 42.3 Å². The van der Waals surface area contributed by atoms with Gasteiger partial charge in [0.1, 0.15) is 18.1 Å². The zero-order valence-corrected chi connectivity index (χ0v) is 34.2. The van der Waals surface area contributed by atoms with Crippen LogP contribution in [0.2, 0.25) is 0 Å². The minimum Gasteiger partial charge on any atom is -0.481 e. The molecule has 1 aromatic carbocycles. The molecule has 15 nitrogen and oxygen atoms in total. The number of carboxylic acid groups (broad SMARTS) is 1. The van der Waals surface area contributed by atoms with Crippen molar-refractivity contribution in [3.8, 4) is 0 Å². The molecule has 6 atom stereocenters. The molecular weight excluding hydrogens is 717 g/mol. The number of hydrogen-bond acceptors (Lipinski definition) is 9. The van der Waals surface area contributed by atoms with Crippen LogP contribution in [-0.2, 0) is 45.1 Å². The summed E-state index contributed by atoms with van der Waals surface area (Å²) in [5.41, 5.74) is 0.700. The number of aliphatic carboxylic acids is 1. The van der Waals surface area contributed by atoms with Crippen LogP contribution in [0.3, 0.4) is 0 Å². The number of hydrogen-bond donors (Lipinski definition) is 7. The SMILES string of the molecule is CCC[C@H](NC(=O)[C@@H](NC(=O)CCCC(=O)O)[C@@H](C)CC)C(=O)N[C@H](CN[C@@H](C)C(=O)N[C@H](C(=O)NCc1ccc(S(C)(=O)=O)cc1)C(C)C)CC(C)C. The third kappa shape index (κ3) is 17.9. The second kappa shape index (κ2) is 23.7. The highest BCUT2D eigenvalue weighted by Crippen LogP contribution is 2.13. The number of carbonyl (C=O) groups excluding carboxylic acids is 5. The van der Waals surface area contributed by atoms with Crippen molar-refractivity contribution in [3.05, 3.63) is 29.8 Å². The molecule has 7 N–H and O–H groups in total. The Labute approximate surface area is 321 Å². The Kier molecular flexibility index (Phi) is 21.0. The maximum atomic E-state index is 13.6. The zero-order valence-electron chi connectivity index (χ0n) is 33.4. The highest BCUT2D eigenvalue weighted by molar-refractivity contribution is 7.90. The van der Waals surface area contributed by atoms with Gasteiger partial charge in [-0.3, -0.25) is 28.8 Å². The van der Waals surface area contributed by atoms with Gasteiger partial charge in [0.2, 0.25) is 29.5 Å². The molecule has 1 rings (SSSR count). The molecule has 16 heteroatoms. The van der Waals surface area contributed by atoms with Crippen molar-refractivity contribution in [1.82, 2.24) is 31.9 Å². The normalized spacial score (nSPS) is 14.9. The Hall–Kier alpha value is -4.05. The van der Waals surface area contributed by atoms with Gasteiger partial charge in [-0.05, 0) is 61.6 Å². The fraction of sp³-hybridized carbons (Fsp3) is 0.684. The lowest BCUT2D eigenvalue weighted by molar-refractivity contribution is -0.137. The summed E-state index contributed by atoms with van der Waals surface area (Å²) in [4.78, 5) is 76.9. The largest absolute Gasteiger partial charge is 0.481 e. The van der Waals surface area contributed by atoms with Gasteiger partial charge in [-0.1, -0.05) is 73.4 Å². The van der Waals surface area contributed by atoms with Gasteiger partial charge in [-0.2, -0.15) is 0 Å². The molecular formula is C38H64N6O9S. The summed E-state index contributed by atoms with van der Waals surface area (Å²) in [5, 5.41) is 26.2. The van der Waals surface area contributed by atoms with Crippen molar-refractivity contribution >= 4 is 45.3 Å². The molecule has 0 aliphatic rings. The van der Waals surface area contributed by atoms with E-state index in [2.05, 4.69) is 31.9 Å². The van der Waals surface area contributed by atoms with E-state index in [-0.39, 0.29) is 60.9 Å². The third-order valence-corrected chi connectivity index (χ3v) is 10.2. The van der Waals surface area contributed by atoms with Gasteiger partial charge in [-0.15, -0.1) is 0 Å². The predicted octanol–water partition coefficient (Wildman–Crippen LogP) is 2.43. The van der Waals surface area contributed by atoms with Crippen molar-refractivity contribution in [1.29, 1.82) is 0 Å². The summed E-state index contributed by atoms with van der Waals surface area (Å²) in [6.45, 7) is 15.3. The van der Waals surface area contributed by atoms with Crippen LogP contribution >= 0.6 is 0 Å². The summed E-state index contributed by atoms with van der Waals surface area (Å²) in [7, 11) is -3.34. The summed E-state index contributed by atoms with van der Waals surface area (Å²) >= 11 is 0. The fourth-order valence-corrected chi connectivity index (χ4v) is 6.24. The van der Waals surface area contributed by atoms with Crippen molar-refractivity contribution in [3.63, 3.8) is 0 Å². The molecule has 5 amide bonds. The Balaban J connectivity index is 2.91. The van der Waals surface area contributed by atoms with Crippen LogP contribution in [0.4, 0.5) is 0 Å². The van der Waals surface area contributed by atoms with Gasteiger partial charge >= 0.3 is 5.97 Å².